The summed E-state index contributed by atoms with van der Waals surface area (Å²) in [5.41, 5.74) is 1.11. The van der Waals surface area contributed by atoms with E-state index in [2.05, 4.69) is 5.32 Å². The molecular formula is C9H13F2NOS. The average Bonchev–Trinajstić information content (AvgIpc) is 2.52. The van der Waals surface area contributed by atoms with Crippen LogP contribution >= 0.6 is 11.3 Å². The normalized spacial score (nSPS) is 12.0. The number of rotatable bonds is 5. The van der Waals surface area contributed by atoms with E-state index in [0.29, 0.717) is 6.54 Å². The Morgan fingerprint density at radius 2 is 2.29 bits per heavy atom. The Bertz CT molecular complexity index is 288. The second-order valence-corrected chi connectivity index (χ2v) is 4.15. The molecular weight excluding hydrogens is 208 g/mol. The van der Waals surface area contributed by atoms with Crippen molar-refractivity contribution in [1.29, 1.82) is 0 Å². The molecule has 1 heterocycles. The van der Waals surface area contributed by atoms with Crippen molar-refractivity contribution >= 4 is 11.3 Å². The number of aliphatic hydroxyl groups excluding tert-OH is 1. The topological polar surface area (TPSA) is 32.3 Å². The number of hydrogen-bond donors (Lipinski definition) is 2. The number of hydrogen-bond acceptors (Lipinski definition) is 3. The molecule has 0 radical (unpaired) electrons. The molecule has 0 aliphatic rings. The van der Waals surface area contributed by atoms with Gasteiger partial charge >= 0.3 is 0 Å². The number of thiophene rings is 1. The van der Waals surface area contributed by atoms with Crippen LogP contribution < -0.4 is 5.32 Å². The van der Waals surface area contributed by atoms with Gasteiger partial charge in [0.05, 0.1) is 6.54 Å². The Morgan fingerprint density at radius 3 is 2.79 bits per heavy atom. The molecule has 2 nitrogen and oxygen atoms in total. The first-order chi connectivity index (χ1) is 6.55. The lowest BCUT2D eigenvalue weighted by atomic mass is 10.3. The summed E-state index contributed by atoms with van der Waals surface area (Å²) in [6.45, 7) is 0.779. The van der Waals surface area contributed by atoms with Crippen LogP contribution in [-0.4, -0.2) is 24.2 Å². The number of aryl methyl sites for hydroxylation is 1. The van der Waals surface area contributed by atoms with Gasteiger partial charge in [-0.05, 0) is 23.9 Å². The van der Waals surface area contributed by atoms with Gasteiger partial charge in [-0.3, -0.25) is 0 Å². The number of nitrogens with one attached hydrogen (secondary N) is 1. The minimum atomic E-state index is -3.02. The number of aliphatic hydroxyl groups is 1. The van der Waals surface area contributed by atoms with Gasteiger partial charge in [0.25, 0.3) is 5.92 Å². The maximum absolute atomic E-state index is 12.6. The molecule has 0 saturated heterocycles. The van der Waals surface area contributed by atoms with Crippen molar-refractivity contribution < 1.29 is 13.9 Å². The lowest BCUT2D eigenvalue weighted by Crippen LogP contribution is -2.35. The maximum atomic E-state index is 12.6. The quantitative estimate of drug-likeness (QED) is 0.794. The third kappa shape index (κ3) is 3.32. The summed E-state index contributed by atoms with van der Waals surface area (Å²) in [5.74, 6) is -3.02. The van der Waals surface area contributed by atoms with Gasteiger partial charge < -0.3 is 10.4 Å². The summed E-state index contributed by atoms with van der Waals surface area (Å²) in [4.78, 5) is 1.05. The molecule has 1 aromatic rings. The SMILES string of the molecule is Cc1ccsc1CNCC(F)(F)CO. The van der Waals surface area contributed by atoms with Crippen molar-refractivity contribution in [2.45, 2.75) is 19.4 Å². The van der Waals surface area contributed by atoms with Gasteiger partial charge in [0.2, 0.25) is 0 Å². The standard InChI is InChI=1S/C9H13F2NOS/c1-7-2-3-14-8(7)4-12-5-9(10,11)6-13/h2-3,12-13H,4-6H2,1H3. The summed E-state index contributed by atoms with van der Waals surface area (Å²) >= 11 is 1.54. The van der Waals surface area contributed by atoms with Crippen molar-refractivity contribution in [1.82, 2.24) is 5.32 Å². The molecule has 0 bridgehead atoms. The number of halogens is 2. The van der Waals surface area contributed by atoms with Crippen LogP contribution in [0, 0.1) is 6.92 Å². The van der Waals surface area contributed by atoms with Gasteiger partial charge in [-0.1, -0.05) is 0 Å². The number of alkyl halides is 2. The molecule has 1 aromatic heterocycles. The first-order valence-corrected chi connectivity index (χ1v) is 5.15. The van der Waals surface area contributed by atoms with Gasteiger partial charge in [-0.15, -0.1) is 11.3 Å². The van der Waals surface area contributed by atoms with Crippen molar-refractivity contribution in [3.8, 4) is 0 Å². The molecule has 0 aliphatic heterocycles. The van der Waals surface area contributed by atoms with Gasteiger partial charge in [-0.25, -0.2) is 8.78 Å². The highest BCUT2D eigenvalue weighted by Crippen LogP contribution is 2.16. The Labute approximate surface area is 85.6 Å². The Balaban J connectivity index is 2.32. The highest BCUT2D eigenvalue weighted by Gasteiger charge is 2.26. The predicted molar refractivity (Wildman–Crippen MR) is 52.8 cm³/mol. The average molecular weight is 221 g/mol. The highest BCUT2D eigenvalue weighted by atomic mass is 32.1. The van der Waals surface area contributed by atoms with Gasteiger partial charge in [0, 0.05) is 11.4 Å². The first-order valence-electron chi connectivity index (χ1n) is 4.27. The molecule has 80 valence electrons. The Hall–Kier alpha value is -0.520. The van der Waals surface area contributed by atoms with Crippen LogP contribution in [0.25, 0.3) is 0 Å². The summed E-state index contributed by atoms with van der Waals surface area (Å²) in [6.07, 6.45) is 0. The minimum absolute atomic E-state index is 0.430. The van der Waals surface area contributed by atoms with Crippen molar-refractivity contribution in [3.63, 3.8) is 0 Å². The first kappa shape index (κ1) is 11.6. The molecule has 0 aliphatic carbocycles. The predicted octanol–water partition coefficient (Wildman–Crippen LogP) is 1.77. The van der Waals surface area contributed by atoms with Crippen molar-refractivity contribution in [2.24, 2.45) is 0 Å². The molecule has 0 atom stereocenters. The fourth-order valence-electron chi connectivity index (χ4n) is 1.00. The molecule has 0 spiro atoms. The summed E-state index contributed by atoms with van der Waals surface area (Å²) in [6, 6.07) is 1.95. The monoisotopic (exact) mass is 221 g/mol. The van der Waals surface area contributed by atoms with Crippen molar-refractivity contribution in [2.75, 3.05) is 13.2 Å². The van der Waals surface area contributed by atoms with Crippen LogP contribution in [0.2, 0.25) is 0 Å². The summed E-state index contributed by atoms with van der Waals surface area (Å²) in [7, 11) is 0. The van der Waals surface area contributed by atoms with E-state index in [0.717, 1.165) is 10.4 Å². The third-order valence-electron chi connectivity index (χ3n) is 1.87. The van der Waals surface area contributed by atoms with Crippen molar-refractivity contribution in [3.05, 3.63) is 21.9 Å². The van der Waals surface area contributed by atoms with Crippen LogP contribution in [-0.2, 0) is 6.54 Å². The van der Waals surface area contributed by atoms with Crippen LogP contribution in [0.15, 0.2) is 11.4 Å². The molecule has 0 aromatic carbocycles. The molecule has 2 N–H and O–H groups in total. The molecule has 0 saturated carbocycles. The van der Waals surface area contributed by atoms with E-state index in [-0.39, 0.29) is 0 Å². The minimum Gasteiger partial charge on any atom is -0.390 e. The zero-order chi connectivity index (χ0) is 10.6. The molecule has 14 heavy (non-hydrogen) atoms. The van der Waals surface area contributed by atoms with E-state index < -0.39 is 19.1 Å². The van der Waals surface area contributed by atoms with E-state index in [4.69, 9.17) is 5.11 Å². The third-order valence-corrected chi connectivity index (χ3v) is 2.89. The Kier molecular flexibility index (Phi) is 3.97. The molecule has 0 unspecified atom stereocenters. The zero-order valence-corrected chi connectivity index (χ0v) is 8.70. The van der Waals surface area contributed by atoms with E-state index in [1.807, 2.05) is 18.4 Å². The fourth-order valence-corrected chi connectivity index (χ4v) is 1.88. The van der Waals surface area contributed by atoms with E-state index >= 15 is 0 Å². The fraction of sp³-hybridized carbons (Fsp3) is 0.556. The summed E-state index contributed by atoms with van der Waals surface area (Å²) < 4.78 is 25.1. The van der Waals surface area contributed by atoms with E-state index in [1.54, 1.807) is 0 Å². The second-order valence-electron chi connectivity index (χ2n) is 3.14. The smallest absolute Gasteiger partial charge is 0.282 e. The van der Waals surface area contributed by atoms with Gasteiger partial charge in [0.15, 0.2) is 0 Å². The van der Waals surface area contributed by atoms with Crippen LogP contribution in [0.4, 0.5) is 8.78 Å². The largest absolute Gasteiger partial charge is 0.390 e. The van der Waals surface area contributed by atoms with Crippen LogP contribution in [0.1, 0.15) is 10.4 Å². The van der Waals surface area contributed by atoms with Crippen LogP contribution in [0.5, 0.6) is 0 Å². The Morgan fingerprint density at radius 1 is 1.57 bits per heavy atom. The van der Waals surface area contributed by atoms with Gasteiger partial charge in [0.1, 0.15) is 6.61 Å². The van der Waals surface area contributed by atoms with Crippen LogP contribution in [0.3, 0.4) is 0 Å². The lowest BCUT2D eigenvalue weighted by molar-refractivity contribution is -0.0477. The summed E-state index contributed by atoms with van der Waals surface area (Å²) in [5, 5.41) is 12.9. The highest BCUT2D eigenvalue weighted by molar-refractivity contribution is 7.10. The molecule has 0 fully saturated rings. The zero-order valence-electron chi connectivity index (χ0n) is 7.89. The molecule has 5 heteroatoms. The lowest BCUT2D eigenvalue weighted by Gasteiger charge is -2.13. The molecule has 1 rings (SSSR count). The van der Waals surface area contributed by atoms with E-state index in [1.165, 1.54) is 11.3 Å². The van der Waals surface area contributed by atoms with E-state index in [9.17, 15) is 8.78 Å². The maximum Gasteiger partial charge on any atom is 0.282 e. The second kappa shape index (κ2) is 4.82. The molecule has 0 amide bonds. The van der Waals surface area contributed by atoms with Gasteiger partial charge in [-0.2, -0.15) is 0 Å².